The second-order valence-corrected chi connectivity index (χ2v) is 5.44. The summed E-state index contributed by atoms with van der Waals surface area (Å²) in [6.07, 6.45) is 0. The number of ether oxygens (including phenoxy) is 1. The number of aromatic nitrogens is 2. The lowest BCUT2D eigenvalue weighted by Gasteiger charge is -2.06. The number of fused-ring (bicyclic) bond motifs is 1. The van der Waals surface area contributed by atoms with E-state index >= 15 is 0 Å². The average molecular weight is 282 g/mol. The van der Waals surface area contributed by atoms with Gasteiger partial charge in [-0.25, -0.2) is 4.98 Å². The molecule has 5 nitrogen and oxygen atoms in total. The van der Waals surface area contributed by atoms with Crippen LogP contribution >= 0.6 is 11.3 Å². The van der Waals surface area contributed by atoms with E-state index in [1.807, 2.05) is 13.0 Å². The molecule has 0 aliphatic heterocycles. The highest BCUT2D eigenvalue weighted by molar-refractivity contribution is 7.18. The normalized spacial score (nSPS) is 10.4. The van der Waals surface area contributed by atoms with Crippen LogP contribution in [0.1, 0.15) is 10.4 Å². The molecule has 0 fully saturated rings. The number of benzene rings is 1. The van der Waals surface area contributed by atoms with Crippen LogP contribution in [0.2, 0.25) is 0 Å². The maximum Gasteiger partial charge on any atom is 0.232 e. The summed E-state index contributed by atoms with van der Waals surface area (Å²) in [4.78, 5) is 10.2. The first-order valence-corrected chi connectivity index (χ1v) is 6.69. The Labute approximate surface area is 119 Å². The van der Waals surface area contributed by atoms with Gasteiger partial charge >= 0.3 is 0 Å². The van der Waals surface area contributed by atoms with Gasteiger partial charge in [0.25, 0.3) is 0 Å². The van der Waals surface area contributed by atoms with Gasteiger partial charge in [0.05, 0.1) is 17.0 Å². The van der Waals surface area contributed by atoms with Crippen molar-refractivity contribution in [3.63, 3.8) is 0 Å². The van der Waals surface area contributed by atoms with Crippen molar-refractivity contribution in [2.45, 2.75) is 6.92 Å². The first kappa shape index (κ1) is 12.4. The Balaban J connectivity index is 2.08. The van der Waals surface area contributed by atoms with Gasteiger partial charge in [-0.2, -0.15) is 10.2 Å². The molecule has 0 spiro atoms. The minimum atomic E-state index is 0.172. The molecule has 0 aliphatic carbocycles. The van der Waals surface area contributed by atoms with E-state index < -0.39 is 0 Å². The van der Waals surface area contributed by atoms with Gasteiger partial charge in [0, 0.05) is 4.88 Å². The Morgan fingerprint density at radius 2 is 2.15 bits per heavy atom. The van der Waals surface area contributed by atoms with E-state index in [1.165, 1.54) is 11.3 Å². The van der Waals surface area contributed by atoms with Crippen molar-refractivity contribution in [1.29, 1.82) is 5.26 Å². The number of nitrogens with two attached hydrogens (primary N) is 1. The summed E-state index contributed by atoms with van der Waals surface area (Å²) in [6, 6.07) is 10.9. The lowest BCUT2D eigenvalue weighted by atomic mass is 10.2. The summed E-state index contributed by atoms with van der Waals surface area (Å²) in [5.74, 6) is 1.13. The van der Waals surface area contributed by atoms with Crippen LogP contribution in [-0.4, -0.2) is 9.97 Å². The number of hydrogen-bond donors (Lipinski definition) is 1. The molecule has 0 saturated heterocycles. The summed E-state index contributed by atoms with van der Waals surface area (Å²) < 4.78 is 5.75. The Morgan fingerprint density at radius 3 is 2.95 bits per heavy atom. The number of anilines is 1. The molecular formula is C14H10N4OS. The van der Waals surface area contributed by atoms with Gasteiger partial charge in [-0.3, -0.25) is 0 Å². The second kappa shape index (κ2) is 4.79. The van der Waals surface area contributed by atoms with Crippen molar-refractivity contribution in [1.82, 2.24) is 9.97 Å². The lowest BCUT2D eigenvalue weighted by molar-refractivity contribution is 0.469. The third kappa shape index (κ3) is 2.27. The summed E-state index contributed by atoms with van der Waals surface area (Å²) in [5, 5.41) is 9.72. The number of nitriles is 1. The van der Waals surface area contributed by atoms with Crippen molar-refractivity contribution < 1.29 is 4.74 Å². The van der Waals surface area contributed by atoms with E-state index in [1.54, 1.807) is 24.3 Å². The fourth-order valence-electron chi connectivity index (χ4n) is 1.85. The molecule has 0 atom stereocenters. The third-order valence-corrected chi connectivity index (χ3v) is 3.62. The zero-order chi connectivity index (χ0) is 14.1. The average Bonchev–Trinajstić information content (AvgIpc) is 2.79. The van der Waals surface area contributed by atoms with Crippen LogP contribution in [0.25, 0.3) is 10.2 Å². The molecule has 0 unspecified atom stereocenters. The van der Waals surface area contributed by atoms with Crippen LogP contribution in [0.4, 0.5) is 5.95 Å². The van der Waals surface area contributed by atoms with Gasteiger partial charge < -0.3 is 10.5 Å². The number of aryl methyl sites for hydroxylation is 1. The van der Waals surface area contributed by atoms with Gasteiger partial charge in [0.2, 0.25) is 11.8 Å². The highest BCUT2D eigenvalue weighted by atomic mass is 32.1. The van der Waals surface area contributed by atoms with Crippen molar-refractivity contribution >= 4 is 27.5 Å². The molecule has 98 valence electrons. The van der Waals surface area contributed by atoms with Gasteiger partial charge in [-0.1, -0.05) is 6.07 Å². The molecule has 1 aromatic carbocycles. The van der Waals surface area contributed by atoms with E-state index in [4.69, 9.17) is 15.7 Å². The molecule has 0 radical (unpaired) electrons. The zero-order valence-electron chi connectivity index (χ0n) is 10.6. The third-order valence-electron chi connectivity index (χ3n) is 2.68. The monoisotopic (exact) mass is 282 g/mol. The van der Waals surface area contributed by atoms with Crippen molar-refractivity contribution in [2.75, 3.05) is 5.73 Å². The molecule has 0 saturated carbocycles. The largest absolute Gasteiger partial charge is 0.438 e. The SMILES string of the molecule is Cc1cc2c(Oc3cccc(C#N)c3)nc(N)nc2s1. The summed E-state index contributed by atoms with van der Waals surface area (Å²) in [5.41, 5.74) is 6.23. The number of rotatable bonds is 2. The molecule has 0 aliphatic rings. The molecule has 2 heterocycles. The van der Waals surface area contributed by atoms with Crippen molar-refractivity contribution in [3.8, 4) is 17.7 Å². The van der Waals surface area contributed by atoms with Crippen molar-refractivity contribution in [2.24, 2.45) is 0 Å². The van der Waals surface area contributed by atoms with Gasteiger partial charge in [0.1, 0.15) is 10.6 Å². The Morgan fingerprint density at radius 1 is 1.30 bits per heavy atom. The molecule has 20 heavy (non-hydrogen) atoms. The molecule has 2 N–H and O–H groups in total. The first-order chi connectivity index (χ1) is 9.65. The predicted octanol–water partition coefficient (Wildman–Crippen LogP) is 3.25. The predicted molar refractivity (Wildman–Crippen MR) is 77.8 cm³/mol. The number of nitrogens with zero attached hydrogens (tertiary/aromatic N) is 3. The minimum absolute atomic E-state index is 0.172. The summed E-state index contributed by atoms with van der Waals surface area (Å²) in [7, 11) is 0. The number of thiophene rings is 1. The van der Waals surface area contributed by atoms with Crippen LogP contribution in [-0.2, 0) is 0 Å². The highest BCUT2D eigenvalue weighted by Crippen LogP contribution is 2.33. The van der Waals surface area contributed by atoms with Gasteiger partial charge in [0.15, 0.2) is 0 Å². The summed E-state index contributed by atoms with van der Waals surface area (Å²) in [6.45, 7) is 1.99. The van der Waals surface area contributed by atoms with Gasteiger partial charge in [-0.05, 0) is 31.2 Å². The minimum Gasteiger partial charge on any atom is -0.438 e. The fourth-order valence-corrected chi connectivity index (χ4v) is 2.73. The molecule has 3 aromatic rings. The van der Waals surface area contributed by atoms with Crippen molar-refractivity contribution in [3.05, 3.63) is 40.8 Å². The van der Waals surface area contributed by atoms with E-state index in [-0.39, 0.29) is 5.95 Å². The van der Waals surface area contributed by atoms with E-state index in [9.17, 15) is 0 Å². The Bertz CT molecular complexity index is 835. The van der Waals surface area contributed by atoms with Crippen LogP contribution in [0.15, 0.2) is 30.3 Å². The Kier molecular flexibility index (Phi) is 2.97. The maximum absolute atomic E-state index is 8.90. The summed E-state index contributed by atoms with van der Waals surface area (Å²) >= 11 is 1.54. The van der Waals surface area contributed by atoms with E-state index in [2.05, 4.69) is 16.0 Å². The van der Waals surface area contributed by atoms with Gasteiger partial charge in [-0.15, -0.1) is 11.3 Å². The highest BCUT2D eigenvalue weighted by Gasteiger charge is 2.11. The topological polar surface area (TPSA) is 84.8 Å². The van der Waals surface area contributed by atoms with E-state index in [0.29, 0.717) is 17.2 Å². The second-order valence-electron chi connectivity index (χ2n) is 4.20. The lowest BCUT2D eigenvalue weighted by Crippen LogP contribution is -1.97. The molecular weight excluding hydrogens is 272 g/mol. The molecule has 3 rings (SSSR count). The first-order valence-electron chi connectivity index (χ1n) is 5.87. The van der Waals surface area contributed by atoms with Crippen LogP contribution < -0.4 is 10.5 Å². The molecule has 0 bridgehead atoms. The molecule has 6 heteroatoms. The quantitative estimate of drug-likeness (QED) is 0.779. The molecule has 2 aromatic heterocycles. The van der Waals surface area contributed by atoms with Crippen LogP contribution in [0.5, 0.6) is 11.6 Å². The number of hydrogen-bond acceptors (Lipinski definition) is 6. The smallest absolute Gasteiger partial charge is 0.232 e. The fraction of sp³-hybridized carbons (Fsp3) is 0.0714. The van der Waals surface area contributed by atoms with E-state index in [0.717, 1.165) is 15.1 Å². The molecule has 0 amide bonds. The zero-order valence-corrected chi connectivity index (χ0v) is 11.4. The standard InChI is InChI=1S/C14H10N4OS/c1-8-5-11-12(17-14(16)18-13(11)20-8)19-10-4-2-3-9(6-10)7-15/h2-6H,1H3,(H2,16,17,18). The van der Waals surface area contributed by atoms with Crippen LogP contribution in [0, 0.1) is 18.3 Å². The van der Waals surface area contributed by atoms with Crippen LogP contribution in [0.3, 0.4) is 0 Å². The number of nitrogen functional groups attached to an aromatic ring is 1. The maximum atomic E-state index is 8.90. The Hall–Kier alpha value is -2.65.